The Labute approximate surface area is 154 Å². The van der Waals surface area contributed by atoms with Gasteiger partial charge in [0.1, 0.15) is 0 Å². The molecule has 0 spiro atoms. The predicted molar refractivity (Wildman–Crippen MR) is 99.0 cm³/mol. The third-order valence-electron chi connectivity index (χ3n) is 3.75. The molecule has 1 aromatic heterocycles. The van der Waals surface area contributed by atoms with E-state index in [4.69, 9.17) is 0 Å². The fourth-order valence-corrected chi connectivity index (χ4v) is 2.39. The van der Waals surface area contributed by atoms with Crippen molar-refractivity contribution in [2.75, 3.05) is 5.32 Å². The zero-order chi connectivity index (χ0) is 19.3. The number of benzene rings is 2. The van der Waals surface area contributed by atoms with Crippen molar-refractivity contribution in [3.05, 3.63) is 95.3 Å². The molecule has 0 aliphatic carbocycles. The summed E-state index contributed by atoms with van der Waals surface area (Å²) in [6.45, 7) is 0. The average Bonchev–Trinajstić information content (AvgIpc) is 2.67. The van der Waals surface area contributed by atoms with Crippen molar-refractivity contribution >= 4 is 23.7 Å². The summed E-state index contributed by atoms with van der Waals surface area (Å²) in [5, 5.41) is 2.69. The fourth-order valence-electron chi connectivity index (χ4n) is 2.39. The molecule has 0 unspecified atom stereocenters. The van der Waals surface area contributed by atoms with Crippen LogP contribution in [0.2, 0.25) is 0 Å². The number of aromatic nitrogens is 1. The second-order valence-corrected chi connectivity index (χ2v) is 5.74. The third kappa shape index (κ3) is 5.04. The van der Waals surface area contributed by atoms with E-state index in [0.717, 1.165) is 35.5 Å². The van der Waals surface area contributed by atoms with Gasteiger partial charge in [-0.2, -0.15) is 13.2 Å². The number of halogens is 3. The van der Waals surface area contributed by atoms with Gasteiger partial charge in [0.15, 0.2) is 0 Å². The highest BCUT2D eigenvalue weighted by atomic mass is 19.4. The molecule has 3 rings (SSSR count). The number of amides is 1. The van der Waals surface area contributed by atoms with Crippen molar-refractivity contribution in [1.82, 2.24) is 4.98 Å². The fraction of sp³-hybridized carbons (Fsp3) is 0.0476. The number of anilines is 1. The highest BCUT2D eigenvalue weighted by molar-refractivity contribution is 6.04. The Morgan fingerprint density at radius 2 is 1.70 bits per heavy atom. The molecule has 27 heavy (non-hydrogen) atoms. The van der Waals surface area contributed by atoms with Crippen LogP contribution in [0.1, 0.15) is 27.2 Å². The van der Waals surface area contributed by atoms with Gasteiger partial charge in [0.2, 0.25) is 0 Å². The van der Waals surface area contributed by atoms with E-state index >= 15 is 0 Å². The minimum atomic E-state index is -4.43. The number of nitrogens with zero attached hydrogens (tertiary/aromatic N) is 1. The minimum Gasteiger partial charge on any atom is -0.322 e. The number of hydrogen-bond acceptors (Lipinski definition) is 2. The van der Waals surface area contributed by atoms with Gasteiger partial charge < -0.3 is 5.32 Å². The molecule has 2 aromatic carbocycles. The summed E-state index contributed by atoms with van der Waals surface area (Å²) >= 11 is 0. The highest BCUT2D eigenvalue weighted by Crippen LogP contribution is 2.29. The first-order chi connectivity index (χ1) is 12.9. The molecule has 0 fully saturated rings. The Balaban J connectivity index is 1.70. The van der Waals surface area contributed by atoms with Gasteiger partial charge >= 0.3 is 6.18 Å². The summed E-state index contributed by atoms with van der Waals surface area (Å²) in [5.41, 5.74) is 1.56. The lowest BCUT2D eigenvalue weighted by molar-refractivity contribution is -0.137. The van der Waals surface area contributed by atoms with E-state index in [1.807, 2.05) is 36.4 Å². The lowest BCUT2D eigenvalue weighted by Crippen LogP contribution is -2.12. The summed E-state index contributed by atoms with van der Waals surface area (Å²) in [6.07, 6.45) is 0.969. The Morgan fingerprint density at radius 1 is 0.926 bits per heavy atom. The van der Waals surface area contributed by atoms with Crippen molar-refractivity contribution in [1.29, 1.82) is 0 Å². The maximum atomic E-state index is 12.6. The topological polar surface area (TPSA) is 42.0 Å². The first kappa shape index (κ1) is 18.4. The first-order valence-corrected chi connectivity index (χ1v) is 8.09. The second-order valence-electron chi connectivity index (χ2n) is 5.74. The molecule has 1 amide bonds. The second kappa shape index (κ2) is 7.86. The first-order valence-electron chi connectivity index (χ1n) is 8.09. The number of hydrogen-bond donors (Lipinski definition) is 1. The number of pyridine rings is 1. The van der Waals surface area contributed by atoms with Crippen LogP contribution in [-0.4, -0.2) is 10.9 Å². The van der Waals surface area contributed by atoms with E-state index in [9.17, 15) is 18.0 Å². The maximum Gasteiger partial charge on any atom is 0.416 e. The Bertz CT molecular complexity index is 949. The van der Waals surface area contributed by atoms with Gasteiger partial charge in [0.25, 0.3) is 5.91 Å². The molecule has 0 aliphatic heterocycles. The van der Waals surface area contributed by atoms with E-state index in [0.29, 0.717) is 5.69 Å². The third-order valence-corrected chi connectivity index (χ3v) is 3.75. The number of rotatable bonds is 4. The Morgan fingerprint density at radius 3 is 2.37 bits per heavy atom. The van der Waals surface area contributed by atoms with Gasteiger partial charge in [-0.3, -0.25) is 9.78 Å². The van der Waals surface area contributed by atoms with E-state index in [1.54, 1.807) is 24.4 Å². The van der Waals surface area contributed by atoms with Crippen LogP contribution in [0.5, 0.6) is 0 Å². The van der Waals surface area contributed by atoms with Crippen LogP contribution in [0.4, 0.5) is 18.9 Å². The number of alkyl halides is 3. The molecule has 3 aromatic rings. The summed E-state index contributed by atoms with van der Waals surface area (Å²) < 4.78 is 37.8. The summed E-state index contributed by atoms with van der Waals surface area (Å²) in [6, 6.07) is 16.8. The van der Waals surface area contributed by atoms with Crippen LogP contribution in [0.25, 0.3) is 12.2 Å². The number of carbonyl (C=O) groups excluding carboxylic acids is 1. The normalized spacial score (nSPS) is 11.5. The molecule has 1 N–H and O–H groups in total. The van der Waals surface area contributed by atoms with Crippen molar-refractivity contribution in [3.63, 3.8) is 0 Å². The highest BCUT2D eigenvalue weighted by Gasteiger charge is 2.30. The van der Waals surface area contributed by atoms with Crippen LogP contribution in [0.3, 0.4) is 0 Å². The van der Waals surface area contributed by atoms with Crippen molar-refractivity contribution in [2.24, 2.45) is 0 Å². The zero-order valence-electron chi connectivity index (χ0n) is 14.1. The molecular weight excluding hydrogens is 353 g/mol. The molecule has 0 aliphatic rings. The van der Waals surface area contributed by atoms with Crippen LogP contribution in [0.15, 0.2) is 72.9 Å². The molecule has 136 valence electrons. The van der Waals surface area contributed by atoms with Crippen LogP contribution in [-0.2, 0) is 6.18 Å². The van der Waals surface area contributed by atoms with Crippen LogP contribution >= 0.6 is 0 Å². The van der Waals surface area contributed by atoms with Crippen molar-refractivity contribution in [2.45, 2.75) is 6.18 Å². The van der Waals surface area contributed by atoms with E-state index in [2.05, 4.69) is 10.3 Å². The van der Waals surface area contributed by atoms with Gasteiger partial charge in [-0.1, -0.05) is 24.3 Å². The van der Waals surface area contributed by atoms with Gasteiger partial charge in [-0.25, -0.2) is 0 Å². The van der Waals surface area contributed by atoms with Gasteiger partial charge in [-0.05, 0) is 60.2 Å². The predicted octanol–water partition coefficient (Wildman–Crippen LogP) is 5.52. The molecule has 6 heteroatoms. The molecule has 0 saturated heterocycles. The summed E-state index contributed by atoms with van der Waals surface area (Å²) in [4.78, 5) is 16.4. The standard InChI is InChI=1S/C21H15F3N2O/c22-21(23,24)17-10-8-16(9-11-17)20(27)26-19-6-3-4-15(14-19)7-12-18-5-1-2-13-25-18/h1-14H,(H,26,27)/b12-7+. The summed E-state index contributed by atoms with van der Waals surface area (Å²) in [7, 11) is 0. The van der Waals surface area contributed by atoms with Crippen molar-refractivity contribution in [3.8, 4) is 0 Å². The number of nitrogens with one attached hydrogen (secondary N) is 1. The molecule has 0 atom stereocenters. The largest absolute Gasteiger partial charge is 0.416 e. The minimum absolute atomic E-state index is 0.150. The molecule has 0 bridgehead atoms. The number of carbonyl (C=O) groups is 1. The smallest absolute Gasteiger partial charge is 0.322 e. The van der Waals surface area contributed by atoms with Crippen LogP contribution in [0, 0.1) is 0 Å². The Kier molecular flexibility index (Phi) is 5.35. The van der Waals surface area contributed by atoms with Crippen LogP contribution < -0.4 is 5.32 Å². The SMILES string of the molecule is O=C(Nc1cccc(/C=C/c2ccccn2)c1)c1ccc(C(F)(F)F)cc1. The monoisotopic (exact) mass is 368 g/mol. The Hall–Kier alpha value is -3.41. The molecule has 3 nitrogen and oxygen atoms in total. The molecular formula is C21H15F3N2O. The zero-order valence-corrected chi connectivity index (χ0v) is 14.1. The maximum absolute atomic E-state index is 12.6. The van der Waals surface area contributed by atoms with Gasteiger partial charge in [0.05, 0.1) is 11.3 Å². The average molecular weight is 368 g/mol. The lowest BCUT2D eigenvalue weighted by Gasteiger charge is -2.09. The molecule has 1 heterocycles. The quantitative estimate of drug-likeness (QED) is 0.658. The van der Waals surface area contributed by atoms with Gasteiger partial charge in [0, 0.05) is 17.4 Å². The lowest BCUT2D eigenvalue weighted by atomic mass is 10.1. The summed E-state index contributed by atoms with van der Waals surface area (Å²) in [5.74, 6) is -0.477. The van der Waals surface area contributed by atoms with E-state index < -0.39 is 17.6 Å². The van der Waals surface area contributed by atoms with Crippen molar-refractivity contribution < 1.29 is 18.0 Å². The molecule has 0 saturated carbocycles. The van der Waals surface area contributed by atoms with E-state index in [-0.39, 0.29) is 5.56 Å². The van der Waals surface area contributed by atoms with Gasteiger partial charge in [-0.15, -0.1) is 0 Å². The van der Waals surface area contributed by atoms with E-state index in [1.165, 1.54) is 0 Å². The molecule has 0 radical (unpaired) electrons.